The van der Waals surface area contributed by atoms with E-state index in [2.05, 4.69) is 4.98 Å². The molecule has 33 heavy (non-hydrogen) atoms. The van der Waals surface area contributed by atoms with Crippen LogP contribution in [0, 0.1) is 6.92 Å². The zero-order chi connectivity index (χ0) is 23.2. The lowest BCUT2D eigenvalue weighted by Gasteiger charge is -2.09. The van der Waals surface area contributed by atoms with E-state index in [9.17, 15) is 4.79 Å². The molecule has 0 bridgehead atoms. The van der Waals surface area contributed by atoms with Gasteiger partial charge in [-0.15, -0.1) is 11.8 Å². The van der Waals surface area contributed by atoms with Gasteiger partial charge < -0.3 is 14.3 Å². The molecule has 0 aliphatic carbocycles. The standard InChI is InChI=1S/C26H22ClNO4S/c1-17-23(28-26(32-17)20-7-3-2-4-8-20)15-31-21-9-5-6-19(12-21)16-33-24-11-10-18(13-22(24)27)14-25(29)30/h2-13H,14-16H2,1H3,(H,29,30). The van der Waals surface area contributed by atoms with Gasteiger partial charge in [-0.3, -0.25) is 4.79 Å². The van der Waals surface area contributed by atoms with Crippen LogP contribution < -0.4 is 4.74 Å². The van der Waals surface area contributed by atoms with E-state index < -0.39 is 5.97 Å². The first kappa shape index (κ1) is 23.0. The average molecular weight is 480 g/mol. The van der Waals surface area contributed by atoms with Gasteiger partial charge in [-0.2, -0.15) is 0 Å². The van der Waals surface area contributed by atoms with Gasteiger partial charge >= 0.3 is 5.97 Å². The lowest BCUT2D eigenvalue weighted by atomic mass is 10.1. The van der Waals surface area contributed by atoms with Gasteiger partial charge in [0.05, 0.1) is 11.4 Å². The van der Waals surface area contributed by atoms with Crippen LogP contribution in [0.5, 0.6) is 5.75 Å². The number of aryl methyl sites for hydroxylation is 1. The highest BCUT2D eigenvalue weighted by Crippen LogP contribution is 2.31. The number of aromatic nitrogens is 1. The fourth-order valence-electron chi connectivity index (χ4n) is 3.25. The molecule has 1 aromatic heterocycles. The van der Waals surface area contributed by atoms with E-state index in [-0.39, 0.29) is 6.42 Å². The molecule has 0 fully saturated rings. The van der Waals surface area contributed by atoms with E-state index >= 15 is 0 Å². The summed E-state index contributed by atoms with van der Waals surface area (Å²) >= 11 is 7.93. The Kier molecular flexibility index (Phi) is 7.37. The summed E-state index contributed by atoms with van der Waals surface area (Å²) in [6.45, 7) is 2.20. The minimum absolute atomic E-state index is 0.0398. The Morgan fingerprint density at radius 3 is 2.64 bits per heavy atom. The molecule has 0 unspecified atom stereocenters. The summed E-state index contributed by atoms with van der Waals surface area (Å²) in [5, 5.41) is 9.48. The lowest BCUT2D eigenvalue weighted by Crippen LogP contribution is -1.99. The topological polar surface area (TPSA) is 72.6 Å². The number of benzene rings is 3. The largest absolute Gasteiger partial charge is 0.487 e. The number of halogens is 1. The van der Waals surface area contributed by atoms with Crippen molar-refractivity contribution in [1.82, 2.24) is 4.98 Å². The number of thioether (sulfide) groups is 1. The van der Waals surface area contributed by atoms with Crippen molar-refractivity contribution >= 4 is 29.3 Å². The Balaban J connectivity index is 1.37. The molecule has 0 spiro atoms. The van der Waals surface area contributed by atoms with Crippen LogP contribution in [0.25, 0.3) is 11.5 Å². The molecule has 0 aliphatic heterocycles. The number of carbonyl (C=O) groups is 1. The van der Waals surface area contributed by atoms with Crippen molar-refractivity contribution < 1.29 is 19.1 Å². The fraction of sp³-hybridized carbons (Fsp3) is 0.154. The highest BCUT2D eigenvalue weighted by Gasteiger charge is 2.12. The number of aliphatic carboxylic acids is 1. The summed E-state index contributed by atoms with van der Waals surface area (Å²) in [4.78, 5) is 16.4. The van der Waals surface area contributed by atoms with E-state index in [4.69, 9.17) is 25.9 Å². The van der Waals surface area contributed by atoms with Gasteiger partial charge in [0.1, 0.15) is 23.8 Å². The molecule has 7 heteroatoms. The second-order valence-corrected chi connectivity index (χ2v) is 8.87. The minimum Gasteiger partial charge on any atom is -0.487 e. The van der Waals surface area contributed by atoms with Crippen LogP contribution in [0.3, 0.4) is 0 Å². The Bertz CT molecular complexity index is 1260. The highest BCUT2D eigenvalue weighted by atomic mass is 35.5. The summed E-state index contributed by atoms with van der Waals surface area (Å²) in [6, 6.07) is 23.0. The predicted molar refractivity (Wildman–Crippen MR) is 130 cm³/mol. The van der Waals surface area contributed by atoms with Crippen molar-refractivity contribution in [3.63, 3.8) is 0 Å². The molecule has 5 nitrogen and oxygen atoms in total. The predicted octanol–water partition coefficient (Wildman–Crippen LogP) is 6.80. The Hall–Kier alpha value is -3.22. The second-order valence-electron chi connectivity index (χ2n) is 7.45. The molecular formula is C26H22ClNO4S. The first-order valence-electron chi connectivity index (χ1n) is 10.3. The van der Waals surface area contributed by atoms with Gasteiger partial charge in [0.15, 0.2) is 0 Å². The molecule has 0 radical (unpaired) electrons. The van der Waals surface area contributed by atoms with Gasteiger partial charge in [-0.25, -0.2) is 4.98 Å². The van der Waals surface area contributed by atoms with Gasteiger partial charge in [0.2, 0.25) is 5.89 Å². The molecule has 168 valence electrons. The van der Waals surface area contributed by atoms with Gasteiger partial charge in [0.25, 0.3) is 0 Å². The summed E-state index contributed by atoms with van der Waals surface area (Å²) in [6.07, 6.45) is -0.0398. The smallest absolute Gasteiger partial charge is 0.307 e. The van der Waals surface area contributed by atoms with Crippen molar-refractivity contribution in [2.24, 2.45) is 0 Å². The van der Waals surface area contributed by atoms with Crippen molar-refractivity contribution in [2.75, 3.05) is 0 Å². The van der Waals surface area contributed by atoms with Gasteiger partial charge in [-0.05, 0) is 54.4 Å². The van der Waals surface area contributed by atoms with Crippen LogP contribution in [0.2, 0.25) is 5.02 Å². The second kappa shape index (κ2) is 10.6. The monoisotopic (exact) mass is 479 g/mol. The van der Waals surface area contributed by atoms with Crippen LogP contribution in [0.15, 0.2) is 82.1 Å². The normalized spacial score (nSPS) is 10.8. The maximum Gasteiger partial charge on any atom is 0.307 e. The number of nitrogens with zero attached hydrogens (tertiary/aromatic N) is 1. The molecule has 0 amide bonds. The molecule has 1 N–H and O–H groups in total. The van der Waals surface area contributed by atoms with Crippen LogP contribution in [-0.2, 0) is 23.6 Å². The Morgan fingerprint density at radius 2 is 1.88 bits per heavy atom. The van der Waals surface area contributed by atoms with E-state index in [0.29, 0.717) is 28.8 Å². The number of ether oxygens (including phenoxy) is 1. The zero-order valence-electron chi connectivity index (χ0n) is 18.0. The molecule has 0 saturated heterocycles. The van der Waals surface area contributed by atoms with E-state index in [0.717, 1.165) is 33.2 Å². The fourth-order valence-corrected chi connectivity index (χ4v) is 4.48. The summed E-state index contributed by atoms with van der Waals surface area (Å²) < 4.78 is 11.8. The molecule has 4 aromatic rings. The minimum atomic E-state index is -0.875. The van der Waals surface area contributed by atoms with Crippen LogP contribution >= 0.6 is 23.4 Å². The first-order chi connectivity index (χ1) is 16.0. The summed E-state index contributed by atoms with van der Waals surface area (Å²) in [7, 11) is 0. The lowest BCUT2D eigenvalue weighted by molar-refractivity contribution is -0.136. The number of carboxylic acids is 1. The molecule has 0 aliphatic rings. The van der Waals surface area contributed by atoms with Crippen molar-refractivity contribution in [2.45, 2.75) is 30.6 Å². The Labute approximate surface area is 201 Å². The highest BCUT2D eigenvalue weighted by molar-refractivity contribution is 7.98. The number of oxazole rings is 1. The third-order valence-corrected chi connectivity index (χ3v) is 6.50. The molecule has 3 aromatic carbocycles. The molecular weight excluding hydrogens is 458 g/mol. The number of hydrogen-bond donors (Lipinski definition) is 1. The molecule has 1 heterocycles. The van der Waals surface area contributed by atoms with Crippen LogP contribution in [0.4, 0.5) is 0 Å². The van der Waals surface area contributed by atoms with E-state index in [1.54, 1.807) is 23.9 Å². The quantitative estimate of drug-likeness (QED) is 0.266. The third kappa shape index (κ3) is 6.18. The number of rotatable bonds is 9. The van der Waals surface area contributed by atoms with Crippen LogP contribution in [0.1, 0.15) is 22.6 Å². The van der Waals surface area contributed by atoms with Crippen molar-refractivity contribution in [1.29, 1.82) is 0 Å². The van der Waals surface area contributed by atoms with E-state index in [1.165, 1.54) is 0 Å². The van der Waals surface area contributed by atoms with Gasteiger partial charge in [0, 0.05) is 16.2 Å². The SMILES string of the molecule is Cc1oc(-c2ccccc2)nc1COc1cccc(CSc2ccc(CC(=O)O)cc2Cl)c1. The van der Waals surface area contributed by atoms with Gasteiger partial charge in [-0.1, -0.05) is 48.0 Å². The molecule has 4 rings (SSSR count). The first-order valence-corrected chi connectivity index (χ1v) is 11.7. The number of hydrogen-bond acceptors (Lipinski definition) is 5. The molecule has 0 saturated carbocycles. The van der Waals surface area contributed by atoms with E-state index in [1.807, 2.05) is 67.6 Å². The summed E-state index contributed by atoms with van der Waals surface area (Å²) in [5.74, 6) is 1.90. The molecule has 0 atom stereocenters. The number of carboxylic acid groups (broad SMARTS) is 1. The third-order valence-electron chi connectivity index (χ3n) is 4.93. The van der Waals surface area contributed by atoms with Crippen LogP contribution in [-0.4, -0.2) is 16.1 Å². The van der Waals surface area contributed by atoms with Crippen molar-refractivity contribution in [3.8, 4) is 17.2 Å². The van der Waals surface area contributed by atoms with Crippen molar-refractivity contribution in [3.05, 3.63) is 100 Å². The maximum atomic E-state index is 10.9. The Morgan fingerprint density at radius 1 is 1.06 bits per heavy atom. The average Bonchev–Trinajstić information content (AvgIpc) is 3.18. The maximum absolute atomic E-state index is 10.9. The summed E-state index contributed by atoms with van der Waals surface area (Å²) in [5.41, 5.74) is 3.47. The zero-order valence-corrected chi connectivity index (χ0v) is 19.5.